The molecule has 0 amide bonds. The van der Waals surface area contributed by atoms with Crippen LogP contribution in [-0.2, 0) is 13.1 Å². The monoisotopic (exact) mass is 499 g/mol. The van der Waals surface area contributed by atoms with E-state index in [0.29, 0.717) is 37.3 Å². The SMILES string of the molecule is CCNC(=NCc1ccc(OCC(F)(F)F)cc1)NCc1nc(C)no1.I. The van der Waals surface area contributed by atoms with Crippen LogP contribution in [0.15, 0.2) is 33.8 Å². The molecule has 0 aliphatic carbocycles. The van der Waals surface area contributed by atoms with Crippen LogP contribution in [0.3, 0.4) is 0 Å². The number of halogens is 4. The van der Waals surface area contributed by atoms with E-state index in [1.165, 1.54) is 12.1 Å². The highest BCUT2D eigenvalue weighted by Gasteiger charge is 2.28. The standard InChI is InChI=1S/C16H20F3N5O2.HI/c1-3-20-15(22-9-14-23-11(2)24-26-14)21-8-12-4-6-13(7-5-12)25-10-16(17,18)19;/h4-7H,3,8-10H2,1-2H3,(H2,20,21,22);1H. The molecule has 27 heavy (non-hydrogen) atoms. The minimum absolute atomic E-state index is 0. The number of aliphatic imine (C=N–C) groups is 1. The van der Waals surface area contributed by atoms with Gasteiger partial charge >= 0.3 is 6.18 Å². The number of aryl methyl sites for hydroxylation is 1. The number of alkyl halides is 3. The van der Waals surface area contributed by atoms with Crippen LogP contribution in [0.1, 0.15) is 24.2 Å². The predicted molar refractivity (Wildman–Crippen MR) is 104 cm³/mol. The van der Waals surface area contributed by atoms with Crippen molar-refractivity contribution in [1.82, 2.24) is 20.8 Å². The van der Waals surface area contributed by atoms with Gasteiger partial charge in [0.15, 0.2) is 18.4 Å². The summed E-state index contributed by atoms with van der Waals surface area (Å²) >= 11 is 0. The van der Waals surface area contributed by atoms with Crippen molar-refractivity contribution in [3.63, 3.8) is 0 Å². The van der Waals surface area contributed by atoms with Crippen molar-refractivity contribution >= 4 is 29.9 Å². The molecule has 0 radical (unpaired) electrons. The van der Waals surface area contributed by atoms with Gasteiger partial charge in [-0.1, -0.05) is 17.3 Å². The van der Waals surface area contributed by atoms with Crippen LogP contribution in [-0.4, -0.2) is 35.4 Å². The molecule has 0 spiro atoms. The Bertz CT molecular complexity index is 720. The molecule has 0 atom stereocenters. The van der Waals surface area contributed by atoms with Gasteiger partial charge in [0, 0.05) is 6.54 Å². The van der Waals surface area contributed by atoms with Gasteiger partial charge in [-0.2, -0.15) is 18.2 Å². The van der Waals surface area contributed by atoms with Crippen molar-refractivity contribution in [3.8, 4) is 5.75 Å². The average molecular weight is 499 g/mol. The van der Waals surface area contributed by atoms with Gasteiger partial charge in [-0.05, 0) is 31.5 Å². The summed E-state index contributed by atoms with van der Waals surface area (Å²) in [6, 6.07) is 6.30. The lowest BCUT2D eigenvalue weighted by Crippen LogP contribution is -2.36. The number of hydrogen-bond acceptors (Lipinski definition) is 5. The Kier molecular flexibility index (Phi) is 9.32. The molecule has 0 saturated carbocycles. The summed E-state index contributed by atoms with van der Waals surface area (Å²) < 4.78 is 46.1. The molecule has 2 rings (SSSR count). The highest BCUT2D eigenvalue weighted by Crippen LogP contribution is 2.19. The molecule has 1 aromatic carbocycles. The number of rotatable bonds is 7. The second-order valence-corrected chi connectivity index (χ2v) is 5.33. The van der Waals surface area contributed by atoms with E-state index >= 15 is 0 Å². The molecule has 0 aliphatic heterocycles. The van der Waals surface area contributed by atoms with Gasteiger partial charge in [0.25, 0.3) is 0 Å². The maximum absolute atomic E-state index is 12.1. The number of aromatic nitrogens is 2. The van der Waals surface area contributed by atoms with Crippen molar-refractivity contribution in [2.75, 3.05) is 13.2 Å². The van der Waals surface area contributed by atoms with E-state index < -0.39 is 12.8 Å². The van der Waals surface area contributed by atoms with E-state index in [1.54, 1.807) is 19.1 Å². The summed E-state index contributed by atoms with van der Waals surface area (Å²) in [6.07, 6.45) is -4.35. The van der Waals surface area contributed by atoms with E-state index in [1.807, 2.05) is 6.92 Å². The van der Waals surface area contributed by atoms with Crippen molar-refractivity contribution < 1.29 is 22.4 Å². The number of ether oxygens (including phenoxy) is 1. The normalized spacial score (nSPS) is 11.7. The second-order valence-electron chi connectivity index (χ2n) is 5.33. The molecule has 2 N–H and O–H groups in total. The topological polar surface area (TPSA) is 84.6 Å². The lowest BCUT2D eigenvalue weighted by molar-refractivity contribution is -0.153. The third kappa shape index (κ3) is 8.93. The van der Waals surface area contributed by atoms with Gasteiger partial charge in [0.05, 0.1) is 13.1 Å². The average Bonchev–Trinajstić information content (AvgIpc) is 3.01. The van der Waals surface area contributed by atoms with Crippen LogP contribution in [0, 0.1) is 6.92 Å². The van der Waals surface area contributed by atoms with Gasteiger partial charge in [-0.25, -0.2) is 4.99 Å². The van der Waals surface area contributed by atoms with Crippen LogP contribution in [0.25, 0.3) is 0 Å². The minimum Gasteiger partial charge on any atom is -0.484 e. The Labute approximate surface area is 171 Å². The first-order chi connectivity index (χ1) is 12.4. The fourth-order valence-corrected chi connectivity index (χ4v) is 1.94. The maximum atomic E-state index is 12.1. The molecular formula is C16H21F3IN5O2. The summed E-state index contributed by atoms with van der Waals surface area (Å²) in [5.41, 5.74) is 0.829. The minimum atomic E-state index is -4.35. The third-order valence-electron chi connectivity index (χ3n) is 3.07. The Morgan fingerprint density at radius 2 is 1.93 bits per heavy atom. The molecular weight excluding hydrogens is 478 g/mol. The highest BCUT2D eigenvalue weighted by atomic mass is 127. The van der Waals surface area contributed by atoms with Gasteiger partial charge in [0.2, 0.25) is 5.89 Å². The molecule has 0 fully saturated rings. The van der Waals surface area contributed by atoms with Crippen LogP contribution < -0.4 is 15.4 Å². The molecule has 150 valence electrons. The van der Waals surface area contributed by atoms with Crippen molar-refractivity contribution in [1.29, 1.82) is 0 Å². The van der Waals surface area contributed by atoms with Crippen molar-refractivity contribution in [3.05, 3.63) is 41.5 Å². The fraction of sp³-hybridized carbons (Fsp3) is 0.438. The first-order valence-electron chi connectivity index (χ1n) is 7.95. The van der Waals surface area contributed by atoms with Crippen LogP contribution in [0.2, 0.25) is 0 Å². The molecule has 1 heterocycles. The molecule has 1 aromatic heterocycles. The fourth-order valence-electron chi connectivity index (χ4n) is 1.94. The van der Waals surface area contributed by atoms with Crippen LogP contribution >= 0.6 is 24.0 Å². The summed E-state index contributed by atoms with van der Waals surface area (Å²) in [5.74, 6) is 1.71. The number of nitrogens with zero attached hydrogens (tertiary/aromatic N) is 3. The number of hydrogen-bond donors (Lipinski definition) is 2. The first kappa shape index (κ1) is 23.0. The van der Waals surface area contributed by atoms with Gasteiger partial charge in [-0.3, -0.25) is 0 Å². The van der Waals surface area contributed by atoms with Crippen LogP contribution in [0.5, 0.6) is 5.75 Å². The van der Waals surface area contributed by atoms with E-state index in [9.17, 15) is 13.2 Å². The predicted octanol–water partition coefficient (Wildman–Crippen LogP) is 3.19. The van der Waals surface area contributed by atoms with Gasteiger partial charge < -0.3 is 19.9 Å². The highest BCUT2D eigenvalue weighted by molar-refractivity contribution is 14.0. The van der Waals surface area contributed by atoms with E-state index in [2.05, 4.69) is 30.5 Å². The van der Waals surface area contributed by atoms with Crippen molar-refractivity contribution in [2.24, 2.45) is 4.99 Å². The summed E-state index contributed by atoms with van der Waals surface area (Å²) in [4.78, 5) is 8.49. The molecule has 11 heteroatoms. The van der Waals surface area contributed by atoms with Crippen molar-refractivity contribution in [2.45, 2.75) is 33.1 Å². The van der Waals surface area contributed by atoms with E-state index in [-0.39, 0.29) is 29.7 Å². The number of benzene rings is 1. The molecule has 7 nitrogen and oxygen atoms in total. The molecule has 0 aliphatic rings. The third-order valence-corrected chi connectivity index (χ3v) is 3.07. The Hall–Kier alpha value is -2.05. The maximum Gasteiger partial charge on any atom is 0.422 e. The first-order valence-corrected chi connectivity index (χ1v) is 7.95. The lowest BCUT2D eigenvalue weighted by atomic mass is 10.2. The van der Waals surface area contributed by atoms with Gasteiger partial charge in [0.1, 0.15) is 5.75 Å². The molecule has 0 bridgehead atoms. The zero-order valence-corrected chi connectivity index (χ0v) is 17.2. The lowest BCUT2D eigenvalue weighted by Gasteiger charge is -2.10. The summed E-state index contributed by atoms with van der Waals surface area (Å²) in [6.45, 7) is 3.69. The quantitative estimate of drug-likeness (QED) is 0.346. The molecule has 0 saturated heterocycles. The Balaban J connectivity index is 0.00000364. The zero-order valence-electron chi connectivity index (χ0n) is 14.8. The van der Waals surface area contributed by atoms with E-state index in [0.717, 1.165) is 5.56 Å². The Morgan fingerprint density at radius 3 is 2.48 bits per heavy atom. The van der Waals surface area contributed by atoms with E-state index in [4.69, 9.17) is 4.52 Å². The van der Waals surface area contributed by atoms with Gasteiger partial charge in [-0.15, -0.1) is 24.0 Å². The Morgan fingerprint density at radius 1 is 1.22 bits per heavy atom. The zero-order chi connectivity index (χ0) is 19.0. The van der Waals surface area contributed by atoms with Crippen LogP contribution in [0.4, 0.5) is 13.2 Å². The smallest absolute Gasteiger partial charge is 0.422 e. The number of guanidine groups is 1. The summed E-state index contributed by atoms with van der Waals surface area (Å²) in [5, 5.41) is 9.84. The largest absolute Gasteiger partial charge is 0.484 e. The second kappa shape index (κ2) is 10.9. The number of nitrogens with one attached hydrogen (secondary N) is 2. The molecule has 2 aromatic rings. The summed E-state index contributed by atoms with van der Waals surface area (Å²) in [7, 11) is 0. The molecule has 0 unspecified atom stereocenters.